The van der Waals surface area contributed by atoms with Gasteiger partial charge in [0.05, 0.1) is 24.3 Å². The maximum absolute atomic E-state index is 7.92. The lowest BCUT2D eigenvalue weighted by molar-refractivity contribution is 0.0790. The minimum atomic E-state index is -0.759. The van der Waals surface area contributed by atoms with Gasteiger partial charge in [0.25, 0.3) is 0 Å². The second-order valence-electron chi connectivity index (χ2n) is 10.1. The maximum Gasteiger partial charge on any atom is 0.0924 e. The Balaban J connectivity index is 1.68. The lowest BCUT2D eigenvalue weighted by atomic mass is 9.66. The third-order valence-electron chi connectivity index (χ3n) is 8.17. The van der Waals surface area contributed by atoms with Crippen molar-refractivity contribution >= 4 is 16.5 Å². The summed E-state index contributed by atoms with van der Waals surface area (Å²) in [6, 6.07) is 32.9. The molecule has 0 amide bonds. The van der Waals surface area contributed by atoms with Crippen LogP contribution in [0.25, 0.3) is 10.8 Å². The summed E-state index contributed by atoms with van der Waals surface area (Å²) >= 11 is 0. The molecule has 0 bridgehead atoms. The summed E-state index contributed by atoms with van der Waals surface area (Å²) in [5.74, 6) is 0. The van der Waals surface area contributed by atoms with Crippen LogP contribution >= 0.6 is 0 Å². The summed E-state index contributed by atoms with van der Waals surface area (Å²) in [7, 11) is 4.37. The van der Waals surface area contributed by atoms with E-state index in [1.807, 2.05) is 0 Å². The topological polar surface area (TPSA) is 41.7 Å². The highest BCUT2D eigenvalue weighted by molar-refractivity contribution is 5.95. The molecule has 2 N–H and O–H groups in total. The van der Waals surface area contributed by atoms with E-state index in [0.717, 1.165) is 32.7 Å². The molecule has 4 nitrogen and oxygen atoms in total. The maximum atomic E-state index is 7.92. The van der Waals surface area contributed by atoms with Gasteiger partial charge in [0.1, 0.15) is 0 Å². The number of rotatable bonds is 5. The largest absolute Gasteiger partial charge is 0.378 e. The number of benzene rings is 4. The third-order valence-corrected chi connectivity index (χ3v) is 8.17. The Bertz CT molecular complexity index is 1360. The second-order valence-corrected chi connectivity index (χ2v) is 10.1. The van der Waals surface area contributed by atoms with E-state index in [4.69, 9.17) is 10.5 Å². The van der Waals surface area contributed by atoms with E-state index < -0.39 is 11.1 Å². The van der Waals surface area contributed by atoms with E-state index in [-0.39, 0.29) is 0 Å². The van der Waals surface area contributed by atoms with Gasteiger partial charge in [-0.1, -0.05) is 84.9 Å². The van der Waals surface area contributed by atoms with Crippen LogP contribution in [0.4, 0.5) is 5.69 Å². The van der Waals surface area contributed by atoms with Crippen LogP contribution in [0.15, 0.2) is 91.0 Å². The van der Waals surface area contributed by atoms with Crippen LogP contribution in [-0.4, -0.2) is 45.3 Å². The lowest BCUT2D eigenvalue weighted by Crippen LogP contribution is -2.62. The van der Waals surface area contributed by atoms with Gasteiger partial charge in [-0.2, -0.15) is 0 Å². The zero-order valence-electron chi connectivity index (χ0n) is 20.6. The van der Waals surface area contributed by atoms with Gasteiger partial charge in [-0.25, -0.2) is 0 Å². The van der Waals surface area contributed by atoms with E-state index in [1.165, 1.54) is 38.7 Å². The van der Waals surface area contributed by atoms with Crippen molar-refractivity contribution in [1.82, 2.24) is 4.90 Å². The average Bonchev–Trinajstić information content (AvgIpc) is 3.13. The first-order chi connectivity index (χ1) is 17.1. The third kappa shape index (κ3) is 3.17. The molecule has 0 radical (unpaired) electrons. The number of anilines is 1. The number of nitrogens with zero attached hydrogens (tertiary/aromatic N) is 2. The molecule has 2 atom stereocenters. The Hall–Kier alpha value is -3.18. The summed E-state index contributed by atoms with van der Waals surface area (Å²) in [5, 5.41) is 2.54. The molecule has 4 aromatic carbocycles. The van der Waals surface area contributed by atoms with Gasteiger partial charge in [0.2, 0.25) is 0 Å². The second kappa shape index (κ2) is 8.49. The van der Waals surface area contributed by atoms with Gasteiger partial charge in [0.15, 0.2) is 0 Å². The fraction of sp³-hybridized carbons (Fsp3) is 0.290. The van der Waals surface area contributed by atoms with Crippen LogP contribution < -0.4 is 10.6 Å². The number of likely N-dealkylation sites (N-methyl/N-ethyl adjacent to an activating group) is 1. The predicted molar refractivity (Wildman–Crippen MR) is 144 cm³/mol. The fourth-order valence-electron chi connectivity index (χ4n) is 6.58. The average molecular weight is 464 g/mol. The number of hydrogen-bond donors (Lipinski definition) is 1. The van der Waals surface area contributed by atoms with Crippen LogP contribution in [0.3, 0.4) is 0 Å². The Kier molecular flexibility index (Phi) is 5.41. The molecule has 4 aromatic rings. The minimum Gasteiger partial charge on any atom is -0.378 e. The quantitative estimate of drug-likeness (QED) is 0.458. The van der Waals surface area contributed by atoms with E-state index in [2.05, 4.69) is 115 Å². The van der Waals surface area contributed by atoms with E-state index in [9.17, 15) is 0 Å². The first-order valence-electron chi connectivity index (χ1n) is 12.5. The standard InChI is InChI=1S/C31H33N3O/c1-33(2)30(22-23-10-4-3-5-11-23)26-15-8-12-24-13-9-16-27(29(24)26)31(30,32)25-14-6-7-17-28(25)34-18-20-35-21-19-34/h3-17H,18-22,32H2,1-2H3. The van der Waals surface area contributed by atoms with Gasteiger partial charge >= 0.3 is 0 Å². The summed E-state index contributed by atoms with van der Waals surface area (Å²) < 4.78 is 5.69. The van der Waals surface area contributed by atoms with Crippen LogP contribution in [0, 0.1) is 0 Å². The van der Waals surface area contributed by atoms with E-state index >= 15 is 0 Å². The van der Waals surface area contributed by atoms with E-state index in [0.29, 0.717) is 0 Å². The number of hydrogen-bond acceptors (Lipinski definition) is 4. The van der Waals surface area contributed by atoms with Gasteiger partial charge < -0.3 is 15.4 Å². The van der Waals surface area contributed by atoms with Gasteiger partial charge in [-0.3, -0.25) is 4.90 Å². The van der Waals surface area contributed by atoms with Crippen LogP contribution in [-0.2, 0) is 22.2 Å². The molecule has 1 fully saturated rings. The van der Waals surface area contributed by atoms with Crippen molar-refractivity contribution in [3.63, 3.8) is 0 Å². The molecule has 6 rings (SSSR count). The SMILES string of the molecule is CN(C)C1(Cc2ccccc2)c2cccc3cccc(c23)C1(N)c1ccccc1N1CCOCC1. The highest BCUT2D eigenvalue weighted by atomic mass is 16.5. The summed E-state index contributed by atoms with van der Waals surface area (Å²) in [5.41, 5.74) is 12.9. The normalized spacial score (nSPS) is 23.8. The summed E-state index contributed by atoms with van der Waals surface area (Å²) in [4.78, 5) is 4.81. The number of nitrogens with two attached hydrogens (primary N) is 1. The van der Waals surface area contributed by atoms with Crippen molar-refractivity contribution in [3.05, 3.63) is 113 Å². The monoisotopic (exact) mass is 463 g/mol. The number of para-hydroxylation sites is 1. The molecule has 2 unspecified atom stereocenters. The molecule has 4 heteroatoms. The van der Waals surface area contributed by atoms with Crippen LogP contribution in [0.2, 0.25) is 0 Å². The Morgan fingerprint density at radius 1 is 0.771 bits per heavy atom. The Morgan fingerprint density at radius 3 is 2.11 bits per heavy atom. The summed E-state index contributed by atoms with van der Waals surface area (Å²) in [6.45, 7) is 3.23. The van der Waals surface area contributed by atoms with Gasteiger partial charge in [-0.15, -0.1) is 0 Å². The number of morpholine rings is 1. The fourth-order valence-corrected chi connectivity index (χ4v) is 6.58. The van der Waals surface area contributed by atoms with Gasteiger partial charge in [0, 0.05) is 24.3 Å². The molecule has 35 heavy (non-hydrogen) atoms. The van der Waals surface area contributed by atoms with Crippen molar-refractivity contribution in [2.45, 2.75) is 17.5 Å². The smallest absolute Gasteiger partial charge is 0.0924 e. The molecule has 178 valence electrons. The van der Waals surface area contributed by atoms with Crippen molar-refractivity contribution in [3.8, 4) is 0 Å². The molecule has 1 saturated heterocycles. The molecule has 1 heterocycles. The minimum absolute atomic E-state index is 0.472. The predicted octanol–water partition coefficient (Wildman–Crippen LogP) is 4.89. The molecular formula is C31H33N3O. The Labute approximate surface area is 207 Å². The molecule has 0 aromatic heterocycles. The molecule has 1 aliphatic heterocycles. The molecule has 0 spiro atoms. The van der Waals surface area contributed by atoms with Gasteiger partial charge in [-0.05, 0) is 54.0 Å². The lowest BCUT2D eigenvalue weighted by Gasteiger charge is -2.51. The van der Waals surface area contributed by atoms with Crippen molar-refractivity contribution in [1.29, 1.82) is 0 Å². The molecule has 1 aliphatic carbocycles. The van der Waals surface area contributed by atoms with Crippen LogP contribution in [0.1, 0.15) is 22.3 Å². The first kappa shape index (κ1) is 22.3. The first-order valence-corrected chi connectivity index (χ1v) is 12.5. The van der Waals surface area contributed by atoms with E-state index in [1.54, 1.807) is 0 Å². The zero-order chi connectivity index (χ0) is 24.0. The van der Waals surface area contributed by atoms with Crippen molar-refractivity contribution in [2.75, 3.05) is 45.3 Å². The number of ether oxygens (including phenoxy) is 1. The van der Waals surface area contributed by atoms with Crippen LogP contribution in [0.5, 0.6) is 0 Å². The zero-order valence-corrected chi connectivity index (χ0v) is 20.6. The Morgan fingerprint density at radius 2 is 1.40 bits per heavy atom. The highest BCUT2D eigenvalue weighted by Gasteiger charge is 2.59. The molecular weight excluding hydrogens is 430 g/mol. The molecule has 0 saturated carbocycles. The highest BCUT2D eigenvalue weighted by Crippen LogP contribution is 2.58. The van der Waals surface area contributed by atoms with Crippen molar-refractivity contribution in [2.24, 2.45) is 5.73 Å². The van der Waals surface area contributed by atoms with Crippen molar-refractivity contribution < 1.29 is 4.74 Å². The summed E-state index contributed by atoms with van der Waals surface area (Å²) in [6.07, 6.45) is 0.808. The molecule has 2 aliphatic rings.